The van der Waals surface area contributed by atoms with Crippen LogP contribution in [0, 0.1) is 6.92 Å². The maximum absolute atomic E-state index is 12.5. The van der Waals surface area contributed by atoms with Crippen molar-refractivity contribution in [2.45, 2.75) is 25.8 Å². The molecule has 0 aromatic heterocycles. The van der Waals surface area contributed by atoms with Crippen molar-refractivity contribution >= 4 is 12.3 Å². The zero-order valence-corrected chi connectivity index (χ0v) is 13.4. The third kappa shape index (κ3) is 4.31. The lowest BCUT2D eigenvalue weighted by molar-refractivity contribution is -0.109. The van der Waals surface area contributed by atoms with Crippen LogP contribution < -0.4 is 5.32 Å². The van der Waals surface area contributed by atoms with Crippen LogP contribution in [-0.4, -0.2) is 61.4 Å². The fraction of sp³-hybridized carbons (Fsp3) is 0.529. The number of aryl methyl sites for hydroxylation is 1. The number of benzene rings is 1. The van der Waals surface area contributed by atoms with E-state index in [2.05, 4.69) is 17.3 Å². The normalized spacial score (nSPS) is 15.9. The van der Waals surface area contributed by atoms with Gasteiger partial charge in [0.1, 0.15) is 0 Å². The molecule has 0 unspecified atom stereocenters. The van der Waals surface area contributed by atoms with Gasteiger partial charge >= 0.3 is 0 Å². The van der Waals surface area contributed by atoms with E-state index in [9.17, 15) is 9.59 Å². The Kier molecular flexibility index (Phi) is 5.95. The Morgan fingerprint density at radius 3 is 2.55 bits per heavy atom. The molecule has 1 heterocycles. The first-order chi connectivity index (χ1) is 10.6. The van der Waals surface area contributed by atoms with Gasteiger partial charge in [-0.1, -0.05) is 17.7 Å². The van der Waals surface area contributed by atoms with E-state index in [4.69, 9.17) is 0 Å². The second-order valence-electron chi connectivity index (χ2n) is 5.94. The smallest absolute Gasteiger partial charge is 0.253 e. The lowest BCUT2D eigenvalue weighted by Crippen LogP contribution is -2.46. The van der Waals surface area contributed by atoms with Crippen molar-refractivity contribution < 1.29 is 9.59 Å². The van der Waals surface area contributed by atoms with Crippen LogP contribution in [0.4, 0.5) is 0 Å². The highest BCUT2D eigenvalue weighted by molar-refractivity contribution is 5.94. The zero-order valence-electron chi connectivity index (χ0n) is 13.4. The molecule has 0 spiro atoms. The van der Waals surface area contributed by atoms with E-state index in [1.54, 1.807) is 0 Å². The Labute approximate surface area is 132 Å². The summed E-state index contributed by atoms with van der Waals surface area (Å²) in [4.78, 5) is 26.9. The number of likely N-dealkylation sites (N-methyl/N-ethyl adjacent to an activating group) is 1. The van der Waals surface area contributed by atoms with Gasteiger partial charge in [-0.15, -0.1) is 0 Å². The number of carbonyl (C=O) groups excluding carboxylic acids is 2. The molecule has 2 amide bonds. The van der Waals surface area contributed by atoms with Crippen LogP contribution in [0.5, 0.6) is 0 Å². The summed E-state index contributed by atoms with van der Waals surface area (Å²) in [5.74, 6) is 0.128. The number of amides is 2. The van der Waals surface area contributed by atoms with Gasteiger partial charge in [-0.2, -0.15) is 0 Å². The van der Waals surface area contributed by atoms with Gasteiger partial charge in [-0.3, -0.25) is 9.59 Å². The van der Waals surface area contributed by atoms with E-state index in [0.717, 1.165) is 44.4 Å². The molecule has 5 nitrogen and oxygen atoms in total. The van der Waals surface area contributed by atoms with Crippen LogP contribution in [-0.2, 0) is 4.79 Å². The second-order valence-corrected chi connectivity index (χ2v) is 5.94. The summed E-state index contributed by atoms with van der Waals surface area (Å²) in [5, 5.41) is 2.68. The number of hydrogen-bond donors (Lipinski definition) is 1. The molecule has 1 aromatic rings. The topological polar surface area (TPSA) is 52.7 Å². The Hall–Kier alpha value is -1.88. The molecule has 1 aliphatic rings. The van der Waals surface area contributed by atoms with Crippen LogP contribution in [0.2, 0.25) is 0 Å². The Balaban J connectivity index is 1.82. The lowest BCUT2D eigenvalue weighted by atomic mass is 10.0. The molecule has 0 bridgehead atoms. The molecular formula is C17H25N3O2. The summed E-state index contributed by atoms with van der Waals surface area (Å²) >= 11 is 0. The van der Waals surface area contributed by atoms with Crippen molar-refractivity contribution in [3.05, 3.63) is 35.4 Å². The number of nitrogens with one attached hydrogen (secondary N) is 1. The number of nitrogens with zero attached hydrogens (tertiary/aromatic N) is 2. The van der Waals surface area contributed by atoms with Gasteiger partial charge in [0.2, 0.25) is 6.41 Å². The van der Waals surface area contributed by atoms with Crippen LogP contribution in [0.1, 0.15) is 28.8 Å². The highest BCUT2D eigenvalue weighted by Gasteiger charge is 2.25. The molecule has 120 valence electrons. The third-order valence-corrected chi connectivity index (χ3v) is 4.37. The maximum Gasteiger partial charge on any atom is 0.253 e. The van der Waals surface area contributed by atoms with E-state index < -0.39 is 0 Å². The van der Waals surface area contributed by atoms with Gasteiger partial charge in [0, 0.05) is 37.8 Å². The second kappa shape index (κ2) is 7.94. The molecule has 5 heteroatoms. The molecule has 0 atom stereocenters. The van der Waals surface area contributed by atoms with Crippen molar-refractivity contribution in [2.24, 2.45) is 0 Å². The van der Waals surface area contributed by atoms with Crippen LogP contribution in [0.25, 0.3) is 0 Å². The van der Waals surface area contributed by atoms with Crippen LogP contribution >= 0.6 is 0 Å². The van der Waals surface area contributed by atoms with Crippen LogP contribution in [0.15, 0.2) is 24.3 Å². The first-order valence-corrected chi connectivity index (χ1v) is 7.85. The SMILES string of the molecule is Cc1ccc(C(=O)N2CCC(N(C)CCNC=O)CC2)cc1. The number of piperidine rings is 1. The Morgan fingerprint density at radius 2 is 1.95 bits per heavy atom. The molecule has 0 aliphatic carbocycles. The van der Waals surface area contributed by atoms with Crippen molar-refractivity contribution in [1.29, 1.82) is 0 Å². The summed E-state index contributed by atoms with van der Waals surface area (Å²) in [6.45, 7) is 5.12. The average Bonchev–Trinajstić information content (AvgIpc) is 2.55. The molecule has 1 N–H and O–H groups in total. The molecule has 2 rings (SSSR count). The van der Waals surface area contributed by atoms with E-state index in [-0.39, 0.29) is 5.91 Å². The maximum atomic E-state index is 12.5. The van der Waals surface area contributed by atoms with Crippen molar-refractivity contribution in [2.75, 3.05) is 33.2 Å². The number of hydrogen-bond acceptors (Lipinski definition) is 3. The largest absolute Gasteiger partial charge is 0.357 e. The van der Waals surface area contributed by atoms with Crippen molar-refractivity contribution in [3.8, 4) is 0 Å². The first-order valence-electron chi connectivity index (χ1n) is 7.85. The minimum Gasteiger partial charge on any atom is -0.357 e. The minimum absolute atomic E-state index is 0.128. The monoisotopic (exact) mass is 303 g/mol. The number of carbonyl (C=O) groups is 2. The van der Waals surface area contributed by atoms with E-state index in [1.807, 2.05) is 36.1 Å². The fourth-order valence-electron chi connectivity index (χ4n) is 2.87. The molecule has 1 aromatic carbocycles. The van der Waals surface area contributed by atoms with Gasteiger partial charge in [-0.25, -0.2) is 0 Å². The first kappa shape index (κ1) is 16.5. The van der Waals surface area contributed by atoms with Gasteiger partial charge in [-0.05, 0) is 38.9 Å². The molecule has 0 saturated carbocycles. The van der Waals surface area contributed by atoms with Gasteiger partial charge in [0.05, 0.1) is 0 Å². The predicted octanol–water partition coefficient (Wildman–Crippen LogP) is 1.28. The summed E-state index contributed by atoms with van der Waals surface area (Å²) in [6, 6.07) is 8.25. The zero-order chi connectivity index (χ0) is 15.9. The quantitative estimate of drug-likeness (QED) is 0.636. The lowest BCUT2D eigenvalue weighted by Gasteiger charge is -2.36. The molecule has 22 heavy (non-hydrogen) atoms. The summed E-state index contributed by atoms with van der Waals surface area (Å²) < 4.78 is 0. The van der Waals surface area contributed by atoms with Gasteiger partial charge in [0.15, 0.2) is 0 Å². The van der Waals surface area contributed by atoms with Gasteiger partial charge < -0.3 is 15.1 Å². The third-order valence-electron chi connectivity index (χ3n) is 4.37. The molecule has 1 saturated heterocycles. The van der Waals surface area contributed by atoms with Crippen molar-refractivity contribution in [3.63, 3.8) is 0 Å². The summed E-state index contributed by atoms with van der Waals surface area (Å²) in [7, 11) is 2.08. The highest BCUT2D eigenvalue weighted by atomic mass is 16.2. The Morgan fingerprint density at radius 1 is 1.32 bits per heavy atom. The highest BCUT2D eigenvalue weighted by Crippen LogP contribution is 2.17. The molecule has 0 radical (unpaired) electrons. The number of rotatable bonds is 6. The van der Waals surface area contributed by atoms with E-state index in [0.29, 0.717) is 12.6 Å². The number of likely N-dealkylation sites (tertiary alicyclic amines) is 1. The minimum atomic E-state index is 0.128. The summed E-state index contributed by atoms with van der Waals surface area (Å²) in [5.41, 5.74) is 1.94. The van der Waals surface area contributed by atoms with Gasteiger partial charge in [0.25, 0.3) is 5.91 Å². The average molecular weight is 303 g/mol. The Bertz CT molecular complexity index is 493. The van der Waals surface area contributed by atoms with E-state index in [1.165, 1.54) is 5.56 Å². The fourth-order valence-corrected chi connectivity index (χ4v) is 2.87. The predicted molar refractivity (Wildman–Crippen MR) is 86.8 cm³/mol. The van der Waals surface area contributed by atoms with Crippen LogP contribution in [0.3, 0.4) is 0 Å². The molecule has 1 aliphatic heterocycles. The standard InChI is InChI=1S/C17H25N3O2/c1-14-3-5-15(6-4-14)17(22)20-10-7-16(8-11-20)19(2)12-9-18-13-21/h3-6,13,16H,7-12H2,1-2H3,(H,18,21). The molecular weight excluding hydrogens is 278 g/mol. The van der Waals surface area contributed by atoms with E-state index >= 15 is 0 Å². The summed E-state index contributed by atoms with van der Waals surface area (Å²) in [6.07, 6.45) is 2.70. The van der Waals surface area contributed by atoms with Crippen molar-refractivity contribution in [1.82, 2.24) is 15.1 Å². The molecule has 1 fully saturated rings.